The fourth-order valence-electron chi connectivity index (χ4n) is 0.565. The Balaban J connectivity index is 2.88. The van der Waals surface area contributed by atoms with Crippen LogP contribution in [0.2, 0.25) is 0 Å². The number of hydrogen-bond donors (Lipinski definition) is 0. The Morgan fingerprint density at radius 1 is 1.00 bits per heavy atom. The number of carbonyl (C=O) groups is 1. The van der Waals surface area contributed by atoms with E-state index in [4.69, 9.17) is 7.74 Å². The first-order valence-electron chi connectivity index (χ1n) is 4.14. The Kier molecular flexibility index (Phi) is 11.3. The van der Waals surface area contributed by atoms with Crippen molar-refractivity contribution in [2.75, 3.05) is 0 Å². The second-order valence-electron chi connectivity index (χ2n) is 2.29. The van der Waals surface area contributed by atoms with Crippen LogP contribution in [0.25, 0.3) is 0 Å². The first-order valence-corrected chi connectivity index (χ1v) is 4.14. The predicted molar refractivity (Wildman–Crippen MR) is 69.3 cm³/mol. The molecule has 11 radical (unpaired) electrons. The van der Waals surface area contributed by atoms with E-state index in [1.807, 2.05) is 14.1 Å². The van der Waals surface area contributed by atoms with E-state index in [9.17, 15) is 4.79 Å². The molecule has 0 aliphatic rings. The minimum absolute atomic E-state index is 0.327. The zero-order valence-electron chi connectivity index (χ0n) is 8.09. The van der Waals surface area contributed by atoms with Gasteiger partial charge in [0.1, 0.15) is 0 Å². The van der Waals surface area contributed by atoms with Crippen molar-refractivity contribution in [2.45, 2.75) is 6.92 Å². The van der Waals surface area contributed by atoms with Crippen LogP contribution in [-0.4, -0.2) is 77.6 Å². The van der Waals surface area contributed by atoms with Gasteiger partial charge in [0.15, 0.2) is 0 Å². The van der Waals surface area contributed by atoms with Gasteiger partial charge in [-0.05, 0) is 0 Å². The van der Waals surface area contributed by atoms with E-state index in [1.54, 1.807) is 35.3 Å². The first-order chi connectivity index (χ1) is 6.77. The smallest absolute Gasteiger partial charge is 0.306 e. The Morgan fingerprint density at radius 3 is 2.00 bits per heavy atom. The van der Waals surface area contributed by atoms with Crippen molar-refractivity contribution in [3.63, 3.8) is 0 Å². The summed E-state index contributed by atoms with van der Waals surface area (Å²) >= 11 is 0. The van der Waals surface area contributed by atoms with E-state index in [1.165, 1.54) is 21.4 Å². The molecule has 0 amide bonds. The maximum absolute atomic E-state index is 10.3. The van der Waals surface area contributed by atoms with Gasteiger partial charge in [0.25, 0.3) is 5.97 Å². The highest BCUT2D eigenvalue weighted by atomic mass is 16.5. The van der Waals surface area contributed by atoms with Gasteiger partial charge in [0.2, 0.25) is 0 Å². The quantitative estimate of drug-likeness (QED) is 0.260. The van der Waals surface area contributed by atoms with Crippen molar-refractivity contribution < 1.29 is 9.45 Å². The largest absolute Gasteiger partial charge is 0.550 e. The van der Waals surface area contributed by atoms with Gasteiger partial charge in [0, 0.05) is 64.1 Å². The van der Waals surface area contributed by atoms with E-state index in [0.29, 0.717) is 0 Å². The highest BCUT2D eigenvalue weighted by Gasteiger charge is 2.00. The summed E-state index contributed by atoms with van der Waals surface area (Å²) < 4.78 is 4.56. The molecule has 53 valence electrons. The molecule has 0 aliphatic carbocycles. The number of rotatable bonds is 9. The molecule has 0 rings (SSSR count). The van der Waals surface area contributed by atoms with Gasteiger partial charge in [-0.25, -0.2) is 0 Å². The summed E-state index contributed by atoms with van der Waals surface area (Å²) in [6.07, 6.45) is 0. The van der Waals surface area contributed by atoms with Crippen LogP contribution >= 0.6 is 0 Å². The summed E-state index contributed by atoms with van der Waals surface area (Å²) in [5.41, 5.74) is 0. The maximum Gasteiger partial charge on any atom is 0.306 e. The lowest BCUT2D eigenvalue weighted by Crippen LogP contribution is -2.32. The Labute approximate surface area is 94.3 Å². The molecule has 0 heterocycles. The molecule has 0 aliphatic heterocycles. The Morgan fingerprint density at radius 2 is 1.50 bits per heavy atom. The van der Waals surface area contributed by atoms with E-state index in [2.05, 4.69) is 4.65 Å². The highest BCUT2D eigenvalue weighted by Crippen LogP contribution is 1.69. The average molecular weight is 167 g/mol. The Hall–Kier alpha value is 0.119. The summed E-state index contributed by atoms with van der Waals surface area (Å²) in [5.74, 6) is -0.327. The fourth-order valence-corrected chi connectivity index (χ4v) is 0.565. The van der Waals surface area contributed by atoms with E-state index < -0.39 is 0 Å². The van der Waals surface area contributed by atoms with Crippen LogP contribution in [0.5, 0.6) is 0 Å². The third kappa shape index (κ3) is 12.1. The number of carbonyl (C=O) groups excluding carboxylic acids is 1. The SMILES string of the molecule is [B][B][B][B][B][B][B][B][B][B]OC(C)=O. The van der Waals surface area contributed by atoms with Gasteiger partial charge >= 0.3 is 7.37 Å². The van der Waals surface area contributed by atoms with Crippen LogP contribution < -0.4 is 0 Å². The Bertz CT molecular complexity index is 140. The van der Waals surface area contributed by atoms with Gasteiger partial charge < -0.3 is 4.65 Å². The molecule has 0 aromatic rings. The molecule has 0 saturated carbocycles. The molecule has 12 heteroatoms. The maximum atomic E-state index is 10.3. The van der Waals surface area contributed by atoms with Crippen LogP contribution in [0.4, 0.5) is 0 Å². The molecule has 0 spiro atoms. The summed E-state index contributed by atoms with van der Waals surface area (Å²) in [5, 5.41) is 0. The zero-order valence-corrected chi connectivity index (χ0v) is 8.09. The molecular formula is C2H3B10O2. The van der Waals surface area contributed by atoms with Crippen molar-refractivity contribution in [3.05, 3.63) is 0 Å². The third-order valence-corrected chi connectivity index (χ3v) is 1.09. The van der Waals surface area contributed by atoms with Crippen LogP contribution in [0.3, 0.4) is 0 Å². The second kappa shape index (κ2) is 11.2. The lowest BCUT2D eigenvalue weighted by Gasteiger charge is -1.97. The lowest BCUT2D eigenvalue weighted by molar-refractivity contribution is -0.131. The minimum Gasteiger partial charge on any atom is -0.550 e. The van der Waals surface area contributed by atoms with Crippen molar-refractivity contribution in [3.8, 4) is 0 Å². The molecule has 0 unspecified atom stereocenters. The van der Waals surface area contributed by atoms with Gasteiger partial charge in [-0.15, -0.1) is 0 Å². The van der Waals surface area contributed by atoms with Crippen molar-refractivity contribution in [1.82, 2.24) is 0 Å². The molecule has 0 aromatic carbocycles. The summed E-state index contributed by atoms with van der Waals surface area (Å²) in [6, 6.07) is 0. The van der Waals surface area contributed by atoms with Gasteiger partial charge in [-0.1, -0.05) is 0 Å². The molecule has 0 bridgehead atoms. The summed E-state index contributed by atoms with van der Waals surface area (Å²) in [6.45, 7) is 1.35. The lowest BCUT2D eigenvalue weighted by atomic mass is 8.89. The van der Waals surface area contributed by atoms with Crippen LogP contribution in [0, 0.1) is 0 Å². The highest BCUT2D eigenvalue weighted by molar-refractivity contribution is 7.68. The van der Waals surface area contributed by atoms with Crippen molar-refractivity contribution in [1.29, 1.82) is 0 Å². The predicted octanol–water partition coefficient (Wildman–Crippen LogP) is -3.79. The third-order valence-electron chi connectivity index (χ3n) is 1.09. The monoisotopic (exact) mass is 169 g/mol. The standard InChI is InChI=1S/C2H3B10O2/c1-2(13)14-12-11-10-9-8-7-6-5-4-3/h1H3. The topological polar surface area (TPSA) is 26.3 Å². The molecule has 2 nitrogen and oxygen atoms in total. The van der Waals surface area contributed by atoms with Crippen molar-refractivity contribution in [2.24, 2.45) is 0 Å². The van der Waals surface area contributed by atoms with Crippen LogP contribution in [-0.2, 0) is 9.45 Å². The molecule has 14 heavy (non-hydrogen) atoms. The van der Waals surface area contributed by atoms with E-state index in [0.717, 1.165) is 0 Å². The van der Waals surface area contributed by atoms with Crippen molar-refractivity contribution >= 4 is 77.6 Å². The van der Waals surface area contributed by atoms with E-state index in [-0.39, 0.29) is 5.97 Å². The van der Waals surface area contributed by atoms with Crippen LogP contribution in [0.15, 0.2) is 0 Å². The fraction of sp³-hybridized carbons (Fsp3) is 0.500. The van der Waals surface area contributed by atoms with Crippen LogP contribution in [0.1, 0.15) is 6.92 Å². The molecular weight excluding hydrogens is 164 g/mol. The zero-order chi connectivity index (χ0) is 10.6. The summed E-state index contributed by atoms with van der Waals surface area (Å²) in [4.78, 5) is 10.3. The van der Waals surface area contributed by atoms with E-state index >= 15 is 0 Å². The van der Waals surface area contributed by atoms with Gasteiger partial charge in [0.05, 0.1) is 7.06 Å². The molecule has 0 atom stereocenters. The summed E-state index contributed by atoms with van der Waals surface area (Å²) in [7, 11) is 20.3. The normalized spacial score (nSPS) is 7.50. The first kappa shape index (κ1) is 14.1. The molecule has 0 aromatic heterocycles. The minimum atomic E-state index is -0.327. The van der Waals surface area contributed by atoms with Gasteiger partial charge in [-0.2, -0.15) is 0 Å². The van der Waals surface area contributed by atoms with Gasteiger partial charge in [-0.3, -0.25) is 4.79 Å². The average Bonchev–Trinajstić information content (AvgIpc) is 2.15. The molecule has 0 fully saturated rings. The second-order valence-corrected chi connectivity index (χ2v) is 2.29. The molecule has 0 N–H and O–H groups in total. The number of hydrogen-bond acceptors (Lipinski definition) is 2. The molecule has 0 saturated heterocycles.